The van der Waals surface area contributed by atoms with Crippen LogP contribution < -0.4 is 0 Å². The van der Waals surface area contributed by atoms with Crippen LogP contribution in [-0.4, -0.2) is 9.55 Å². The maximum atomic E-state index is 4.44. The molecule has 1 heterocycles. The van der Waals surface area contributed by atoms with Crippen molar-refractivity contribution in [1.82, 2.24) is 9.55 Å². The number of aryl methyl sites for hydroxylation is 1. The fourth-order valence-corrected chi connectivity index (χ4v) is 1.77. The molecule has 0 amide bonds. The van der Waals surface area contributed by atoms with E-state index in [0.717, 1.165) is 13.0 Å². The zero-order valence-electron chi connectivity index (χ0n) is 9.27. The molecule has 0 aliphatic heterocycles. The number of rotatable bonds is 3. The molecule has 0 unspecified atom stereocenters. The highest BCUT2D eigenvalue weighted by Crippen LogP contribution is 2.11. The molecule has 2 nitrogen and oxygen atoms in total. The van der Waals surface area contributed by atoms with Crippen LogP contribution >= 0.6 is 0 Å². The predicted molar refractivity (Wildman–Crippen MR) is 61.9 cm³/mol. The molecule has 0 bridgehead atoms. The summed E-state index contributed by atoms with van der Waals surface area (Å²) in [5.41, 5.74) is 3.78. The predicted octanol–water partition coefficient (Wildman–Crippen LogP) is 2.80. The second-order valence-corrected chi connectivity index (χ2v) is 3.73. The van der Waals surface area contributed by atoms with Gasteiger partial charge < -0.3 is 4.57 Å². The Morgan fingerprint density at radius 2 is 1.93 bits per heavy atom. The average molecular weight is 200 g/mol. The maximum absolute atomic E-state index is 4.44. The average Bonchev–Trinajstić information content (AvgIpc) is 2.62. The van der Waals surface area contributed by atoms with Crippen molar-refractivity contribution in [3.8, 4) is 0 Å². The summed E-state index contributed by atoms with van der Waals surface area (Å²) in [6, 6.07) is 10.5. The Labute approximate surface area is 90.6 Å². The lowest BCUT2D eigenvalue weighted by atomic mass is 10.1. The first-order valence-electron chi connectivity index (χ1n) is 5.35. The second kappa shape index (κ2) is 4.30. The van der Waals surface area contributed by atoms with E-state index in [1.165, 1.54) is 17.0 Å². The van der Waals surface area contributed by atoms with Crippen LogP contribution in [0.25, 0.3) is 0 Å². The highest BCUT2D eigenvalue weighted by atomic mass is 15.0. The fraction of sp³-hybridized carbons (Fsp3) is 0.308. The molecule has 0 fully saturated rings. The van der Waals surface area contributed by atoms with E-state index in [1.807, 2.05) is 12.4 Å². The number of aromatic nitrogens is 2. The summed E-state index contributed by atoms with van der Waals surface area (Å²) in [5, 5.41) is 0. The van der Waals surface area contributed by atoms with Crippen molar-refractivity contribution in [2.45, 2.75) is 26.8 Å². The highest BCUT2D eigenvalue weighted by molar-refractivity contribution is 5.24. The first-order chi connectivity index (χ1) is 7.31. The number of hydrogen-bond acceptors (Lipinski definition) is 1. The van der Waals surface area contributed by atoms with Gasteiger partial charge in [0.1, 0.15) is 0 Å². The summed E-state index contributed by atoms with van der Waals surface area (Å²) in [5.74, 6) is 0. The van der Waals surface area contributed by atoms with Crippen LogP contribution in [0.15, 0.2) is 36.7 Å². The van der Waals surface area contributed by atoms with Gasteiger partial charge in [0.2, 0.25) is 0 Å². The summed E-state index contributed by atoms with van der Waals surface area (Å²) < 4.78 is 2.18. The van der Waals surface area contributed by atoms with E-state index in [9.17, 15) is 0 Å². The van der Waals surface area contributed by atoms with Crippen molar-refractivity contribution < 1.29 is 0 Å². The van der Waals surface area contributed by atoms with Gasteiger partial charge in [0.25, 0.3) is 0 Å². The number of benzene rings is 1. The third kappa shape index (κ3) is 2.09. The summed E-state index contributed by atoms with van der Waals surface area (Å²) >= 11 is 0. The Morgan fingerprint density at radius 3 is 2.53 bits per heavy atom. The summed E-state index contributed by atoms with van der Waals surface area (Å²) in [7, 11) is 0. The van der Waals surface area contributed by atoms with Gasteiger partial charge in [0, 0.05) is 18.7 Å². The minimum atomic E-state index is 0.930. The van der Waals surface area contributed by atoms with Crippen molar-refractivity contribution >= 4 is 0 Å². The van der Waals surface area contributed by atoms with Gasteiger partial charge >= 0.3 is 0 Å². The Balaban J connectivity index is 2.21. The third-order valence-electron chi connectivity index (χ3n) is 2.76. The standard InChI is InChI=1S/C13H16N2/c1-3-15-10-14-13(11(15)2)9-12-7-5-4-6-8-12/h4-8,10H,3,9H2,1-2H3. The minimum Gasteiger partial charge on any atom is -0.335 e. The molecule has 0 saturated heterocycles. The Hall–Kier alpha value is -1.57. The lowest BCUT2D eigenvalue weighted by Crippen LogP contribution is -1.97. The van der Waals surface area contributed by atoms with Crippen molar-refractivity contribution in [1.29, 1.82) is 0 Å². The monoisotopic (exact) mass is 200 g/mol. The van der Waals surface area contributed by atoms with E-state index < -0.39 is 0 Å². The minimum absolute atomic E-state index is 0.930. The van der Waals surface area contributed by atoms with Crippen LogP contribution in [0, 0.1) is 6.92 Å². The van der Waals surface area contributed by atoms with Gasteiger partial charge in [-0.15, -0.1) is 0 Å². The number of hydrogen-bond donors (Lipinski definition) is 0. The quantitative estimate of drug-likeness (QED) is 0.745. The van der Waals surface area contributed by atoms with E-state index in [1.54, 1.807) is 0 Å². The molecule has 78 valence electrons. The molecule has 0 aliphatic carbocycles. The number of imidazole rings is 1. The first kappa shape index (κ1) is 9.97. The second-order valence-electron chi connectivity index (χ2n) is 3.73. The van der Waals surface area contributed by atoms with E-state index in [2.05, 4.69) is 47.7 Å². The molecule has 15 heavy (non-hydrogen) atoms. The topological polar surface area (TPSA) is 17.8 Å². The van der Waals surface area contributed by atoms with Crippen molar-refractivity contribution in [3.05, 3.63) is 53.6 Å². The lowest BCUT2D eigenvalue weighted by Gasteiger charge is -2.02. The van der Waals surface area contributed by atoms with Gasteiger partial charge in [0.15, 0.2) is 0 Å². The molecule has 0 N–H and O–H groups in total. The number of nitrogens with zero attached hydrogens (tertiary/aromatic N) is 2. The van der Waals surface area contributed by atoms with Crippen LogP contribution in [0.4, 0.5) is 0 Å². The van der Waals surface area contributed by atoms with E-state index in [0.29, 0.717) is 0 Å². The van der Waals surface area contributed by atoms with Gasteiger partial charge in [-0.05, 0) is 19.4 Å². The zero-order valence-corrected chi connectivity index (χ0v) is 9.27. The van der Waals surface area contributed by atoms with E-state index in [4.69, 9.17) is 0 Å². The third-order valence-corrected chi connectivity index (χ3v) is 2.76. The zero-order chi connectivity index (χ0) is 10.7. The normalized spacial score (nSPS) is 10.5. The molecule has 1 aromatic carbocycles. The molecule has 1 aromatic heterocycles. The summed E-state index contributed by atoms with van der Waals surface area (Å²) in [6.07, 6.45) is 2.85. The van der Waals surface area contributed by atoms with Crippen LogP contribution in [0.2, 0.25) is 0 Å². The van der Waals surface area contributed by atoms with E-state index in [-0.39, 0.29) is 0 Å². The summed E-state index contributed by atoms with van der Waals surface area (Å²) in [6.45, 7) is 5.27. The largest absolute Gasteiger partial charge is 0.335 e. The van der Waals surface area contributed by atoms with Gasteiger partial charge in [-0.1, -0.05) is 30.3 Å². The van der Waals surface area contributed by atoms with Crippen molar-refractivity contribution in [2.75, 3.05) is 0 Å². The van der Waals surface area contributed by atoms with E-state index >= 15 is 0 Å². The molecular formula is C13H16N2. The molecule has 2 rings (SSSR count). The molecule has 0 spiro atoms. The van der Waals surface area contributed by atoms with Gasteiger partial charge in [-0.25, -0.2) is 4.98 Å². The molecule has 0 radical (unpaired) electrons. The maximum Gasteiger partial charge on any atom is 0.0951 e. The SMILES string of the molecule is CCn1cnc(Cc2ccccc2)c1C. The van der Waals surface area contributed by atoms with Gasteiger partial charge in [-0.3, -0.25) is 0 Å². The lowest BCUT2D eigenvalue weighted by molar-refractivity contribution is 0.735. The Kier molecular flexibility index (Phi) is 2.86. The van der Waals surface area contributed by atoms with Gasteiger partial charge in [-0.2, -0.15) is 0 Å². The van der Waals surface area contributed by atoms with Crippen molar-refractivity contribution in [3.63, 3.8) is 0 Å². The van der Waals surface area contributed by atoms with Crippen molar-refractivity contribution in [2.24, 2.45) is 0 Å². The van der Waals surface area contributed by atoms with Crippen LogP contribution in [0.5, 0.6) is 0 Å². The molecular weight excluding hydrogens is 184 g/mol. The molecule has 0 aliphatic rings. The molecule has 0 saturated carbocycles. The molecule has 2 heteroatoms. The first-order valence-corrected chi connectivity index (χ1v) is 5.35. The van der Waals surface area contributed by atoms with Gasteiger partial charge in [0.05, 0.1) is 12.0 Å². The smallest absolute Gasteiger partial charge is 0.0951 e. The van der Waals surface area contributed by atoms with Crippen LogP contribution in [-0.2, 0) is 13.0 Å². The molecule has 0 atom stereocenters. The fourth-order valence-electron chi connectivity index (χ4n) is 1.77. The Bertz CT molecular complexity index is 429. The molecule has 2 aromatic rings. The Morgan fingerprint density at radius 1 is 1.20 bits per heavy atom. The summed E-state index contributed by atoms with van der Waals surface area (Å²) in [4.78, 5) is 4.44. The highest BCUT2D eigenvalue weighted by Gasteiger charge is 2.05. The van der Waals surface area contributed by atoms with Crippen LogP contribution in [0.3, 0.4) is 0 Å². The van der Waals surface area contributed by atoms with Crippen LogP contribution in [0.1, 0.15) is 23.9 Å².